The molecule has 0 aromatic heterocycles. The lowest BCUT2D eigenvalue weighted by Gasteiger charge is -2.28. The topological polar surface area (TPSA) is 53.5 Å². The van der Waals surface area contributed by atoms with Gasteiger partial charge in [0.15, 0.2) is 5.96 Å². The van der Waals surface area contributed by atoms with Crippen LogP contribution in [0.5, 0.6) is 0 Å². The zero-order valence-electron chi connectivity index (χ0n) is 11.0. The number of amides is 1. The largest absolute Gasteiger partial charge is 0.338 e. The van der Waals surface area contributed by atoms with Crippen LogP contribution < -0.4 is 10.6 Å². The second-order valence-electron chi connectivity index (χ2n) is 5.02. The highest BCUT2D eigenvalue weighted by Crippen LogP contribution is 2.31. The summed E-state index contributed by atoms with van der Waals surface area (Å²) in [5.41, 5.74) is 0.291. The van der Waals surface area contributed by atoms with Crippen molar-refractivity contribution in [2.24, 2.45) is 10.9 Å². The molecule has 0 aliphatic carbocycles. The van der Waals surface area contributed by atoms with Gasteiger partial charge in [0.2, 0.25) is 0 Å². The van der Waals surface area contributed by atoms with Crippen LogP contribution in [0.25, 0.3) is 0 Å². The molecule has 1 amide bonds. The van der Waals surface area contributed by atoms with Crippen molar-refractivity contribution in [2.75, 3.05) is 7.05 Å². The van der Waals surface area contributed by atoms with E-state index in [0.29, 0.717) is 11.9 Å². The van der Waals surface area contributed by atoms with Crippen LogP contribution in [0.2, 0.25) is 0 Å². The lowest BCUT2D eigenvalue weighted by molar-refractivity contribution is -0.124. The molecule has 2 N–H and O–H groups in total. The van der Waals surface area contributed by atoms with Gasteiger partial charge >= 0.3 is 0 Å². The molecular weight excluding hydrogens is 226 g/mol. The van der Waals surface area contributed by atoms with Crippen LogP contribution in [0, 0.1) is 5.92 Å². The molecule has 4 nitrogen and oxygen atoms in total. The fourth-order valence-electron chi connectivity index (χ4n) is 2.42. The average Bonchev–Trinajstić information content (AvgIpc) is 2.68. The molecule has 0 spiro atoms. The van der Waals surface area contributed by atoms with E-state index in [1.807, 2.05) is 30.3 Å². The minimum absolute atomic E-state index is 0.0250. The van der Waals surface area contributed by atoms with Crippen LogP contribution >= 0.6 is 0 Å². The van der Waals surface area contributed by atoms with Crippen molar-refractivity contribution in [2.45, 2.75) is 25.8 Å². The van der Waals surface area contributed by atoms with E-state index < -0.39 is 5.54 Å². The molecule has 1 fully saturated rings. The molecule has 18 heavy (non-hydrogen) atoms. The van der Waals surface area contributed by atoms with Gasteiger partial charge in [-0.25, -0.2) is 0 Å². The Bertz CT molecular complexity index is 467. The zero-order valence-corrected chi connectivity index (χ0v) is 11.0. The molecule has 1 aliphatic rings. The standard InChI is InChI=1S/C14H19N3O/c1-10(2)9-14(11-7-5-4-6-8-11)12(18)16-13(15-3)17-14/h4-8,10H,9H2,1-3H3,(H2,15,16,17,18). The van der Waals surface area contributed by atoms with Gasteiger partial charge in [-0.3, -0.25) is 15.1 Å². The van der Waals surface area contributed by atoms with E-state index in [1.54, 1.807) is 7.05 Å². The molecule has 1 aromatic rings. The molecule has 2 rings (SSSR count). The third-order valence-corrected chi connectivity index (χ3v) is 3.16. The summed E-state index contributed by atoms with van der Waals surface area (Å²) >= 11 is 0. The van der Waals surface area contributed by atoms with Crippen molar-refractivity contribution < 1.29 is 4.79 Å². The van der Waals surface area contributed by atoms with E-state index in [4.69, 9.17) is 0 Å². The number of hydrogen-bond donors (Lipinski definition) is 2. The van der Waals surface area contributed by atoms with E-state index in [-0.39, 0.29) is 5.91 Å². The minimum atomic E-state index is -0.690. The van der Waals surface area contributed by atoms with Crippen LogP contribution in [0.3, 0.4) is 0 Å². The Morgan fingerprint density at radius 1 is 1.28 bits per heavy atom. The molecule has 4 heteroatoms. The SMILES string of the molecule is CN=C1NC(=O)C(CC(C)C)(c2ccccc2)N1. The van der Waals surface area contributed by atoms with Crippen LogP contribution in [-0.2, 0) is 10.3 Å². The number of carbonyl (C=O) groups is 1. The van der Waals surface area contributed by atoms with Crippen molar-refractivity contribution >= 4 is 11.9 Å². The van der Waals surface area contributed by atoms with Crippen molar-refractivity contribution in [3.8, 4) is 0 Å². The summed E-state index contributed by atoms with van der Waals surface area (Å²) < 4.78 is 0. The van der Waals surface area contributed by atoms with Gasteiger partial charge in [0.05, 0.1) is 0 Å². The maximum atomic E-state index is 12.3. The molecule has 1 heterocycles. The van der Waals surface area contributed by atoms with E-state index in [0.717, 1.165) is 12.0 Å². The fraction of sp³-hybridized carbons (Fsp3) is 0.429. The molecule has 1 aromatic carbocycles. The Morgan fingerprint density at radius 2 is 1.94 bits per heavy atom. The number of nitrogens with one attached hydrogen (secondary N) is 2. The molecule has 1 saturated heterocycles. The number of nitrogens with zero attached hydrogens (tertiary/aromatic N) is 1. The van der Waals surface area contributed by atoms with E-state index in [9.17, 15) is 4.79 Å². The lowest BCUT2D eigenvalue weighted by atomic mass is 9.82. The van der Waals surface area contributed by atoms with Crippen molar-refractivity contribution in [1.82, 2.24) is 10.6 Å². The first-order valence-corrected chi connectivity index (χ1v) is 6.20. The molecule has 1 unspecified atom stereocenters. The third-order valence-electron chi connectivity index (χ3n) is 3.16. The van der Waals surface area contributed by atoms with Gasteiger partial charge in [0, 0.05) is 7.05 Å². The number of aliphatic imine (C=N–C) groups is 1. The van der Waals surface area contributed by atoms with Crippen molar-refractivity contribution in [3.05, 3.63) is 35.9 Å². The number of rotatable bonds is 3. The second-order valence-corrected chi connectivity index (χ2v) is 5.02. The monoisotopic (exact) mass is 245 g/mol. The second kappa shape index (κ2) is 4.80. The summed E-state index contributed by atoms with van der Waals surface area (Å²) in [5.74, 6) is 0.923. The van der Waals surface area contributed by atoms with E-state index >= 15 is 0 Å². The summed E-state index contributed by atoms with van der Waals surface area (Å²) in [4.78, 5) is 16.4. The number of benzene rings is 1. The van der Waals surface area contributed by atoms with Gasteiger partial charge in [-0.1, -0.05) is 44.2 Å². The lowest BCUT2D eigenvalue weighted by Crippen LogP contribution is -2.45. The maximum absolute atomic E-state index is 12.3. The van der Waals surface area contributed by atoms with Crippen LogP contribution in [0.4, 0.5) is 0 Å². The Hall–Kier alpha value is -1.84. The summed E-state index contributed by atoms with van der Waals surface area (Å²) in [6, 6.07) is 9.82. The van der Waals surface area contributed by atoms with E-state index in [1.165, 1.54) is 0 Å². The van der Waals surface area contributed by atoms with Crippen LogP contribution in [0.1, 0.15) is 25.8 Å². The quantitative estimate of drug-likeness (QED) is 0.850. The molecule has 96 valence electrons. The average molecular weight is 245 g/mol. The highest BCUT2D eigenvalue weighted by Gasteiger charge is 2.46. The normalized spacial score (nSPS) is 25.3. The van der Waals surface area contributed by atoms with Gasteiger partial charge in [0.25, 0.3) is 5.91 Å². The van der Waals surface area contributed by atoms with Crippen LogP contribution in [-0.4, -0.2) is 18.9 Å². The molecular formula is C14H19N3O. The van der Waals surface area contributed by atoms with Crippen molar-refractivity contribution in [1.29, 1.82) is 0 Å². The highest BCUT2D eigenvalue weighted by molar-refractivity contribution is 6.09. The summed E-state index contributed by atoms with van der Waals surface area (Å²) in [6.45, 7) is 4.22. The Labute approximate surface area is 108 Å². The molecule has 1 aliphatic heterocycles. The third kappa shape index (κ3) is 2.10. The highest BCUT2D eigenvalue weighted by atomic mass is 16.2. The summed E-state index contributed by atoms with van der Waals surface area (Å²) in [6.07, 6.45) is 0.738. The summed E-state index contributed by atoms with van der Waals surface area (Å²) in [7, 11) is 1.67. The fourth-order valence-corrected chi connectivity index (χ4v) is 2.42. The predicted octanol–water partition coefficient (Wildman–Crippen LogP) is 1.63. The number of guanidine groups is 1. The van der Waals surface area contributed by atoms with Crippen LogP contribution in [0.15, 0.2) is 35.3 Å². The first-order chi connectivity index (χ1) is 8.58. The first kappa shape index (κ1) is 12.6. The molecule has 0 saturated carbocycles. The summed E-state index contributed by atoms with van der Waals surface area (Å²) in [5, 5.41) is 6.04. The predicted molar refractivity (Wildman–Crippen MR) is 72.2 cm³/mol. The Morgan fingerprint density at radius 3 is 2.44 bits per heavy atom. The van der Waals surface area contributed by atoms with Gasteiger partial charge < -0.3 is 5.32 Å². The molecule has 0 bridgehead atoms. The Kier molecular flexibility index (Phi) is 3.36. The zero-order chi connectivity index (χ0) is 13.2. The molecule has 1 atom stereocenters. The first-order valence-electron chi connectivity index (χ1n) is 6.20. The van der Waals surface area contributed by atoms with Gasteiger partial charge in [-0.2, -0.15) is 0 Å². The Balaban J connectivity index is 2.45. The molecule has 0 radical (unpaired) electrons. The van der Waals surface area contributed by atoms with E-state index in [2.05, 4.69) is 29.5 Å². The number of carbonyl (C=O) groups excluding carboxylic acids is 1. The minimum Gasteiger partial charge on any atom is -0.338 e. The van der Waals surface area contributed by atoms with Gasteiger partial charge in [-0.05, 0) is 17.9 Å². The smallest absolute Gasteiger partial charge is 0.257 e. The maximum Gasteiger partial charge on any atom is 0.257 e. The van der Waals surface area contributed by atoms with Gasteiger partial charge in [0.1, 0.15) is 5.54 Å². The van der Waals surface area contributed by atoms with Gasteiger partial charge in [-0.15, -0.1) is 0 Å². The number of hydrogen-bond acceptors (Lipinski definition) is 2. The van der Waals surface area contributed by atoms with Crippen molar-refractivity contribution in [3.63, 3.8) is 0 Å².